The van der Waals surface area contributed by atoms with Gasteiger partial charge in [-0.3, -0.25) is 14.7 Å². The minimum atomic E-state index is -0.332. The van der Waals surface area contributed by atoms with Crippen molar-refractivity contribution in [2.75, 3.05) is 6.54 Å². The van der Waals surface area contributed by atoms with Crippen molar-refractivity contribution in [2.45, 2.75) is 50.5 Å². The van der Waals surface area contributed by atoms with E-state index in [2.05, 4.69) is 5.10 Å². The maximum Gasteiger partial charge on any atom is 0.272 e. The number of aromatic amines is 1. The molecule has 0 radical (unpaired) electrons. The Morgan fingerprint density at radius 3 is 2.69 bits per heavy atom. The van der Waals surface area contributed by atoms with Gasteiger partial charge in [-0.15, -0.1) is 0 Å². The molecular formula is C22H23FN4O2. The Hall–Kier alpha value is -2.96. The van der Waals surface area contributed by atoms with Gasteiger partial charge in [-0.1, -0.05) is 25.0 Å². The number of benzene rings is 1. The number of hydrogen-bond acceptors (Lipinski definition) is 3. The van der Waals surface area contributed by atoms with Crippen LogP contribution in [0.1, 0.15) is 50.1 Å². The number of rotatable bonds is 3. The summed E-state index contributed by atoms with van der Waals surface area (Å²) in [5.41, 5.74) is 2.34. The van der Waals surface area contributed by atoms with Crippen LogP contribution in [0.5, 0.6) is 0 Å². The van der Waals surface area contributed by atoms with Crippen LogP contribution >= 0.6 is 0 Å². The van der Waals surface area contributed by atoms with Crippen LogP contribution in [-0.2, 0) is 4.79 Å². The van der Waals surface area contributed by atoms with Gasteiger partial charge in [-0.25, -0.2) is 13.9 Å². The largest absolute Gasteiger partial charge is 0.339 e. The monoisotopic (exact) mass is 394 g/mol. The summed E-state index contributed by atoms with van der Waals surface area (Å²) in [5, 5.41) is 3.01. The van der Waals surface area contributed by atoms with Gasteiger partial charge < -0.3 is 4.90 Å². The van der Waals surface area contributed by atoms with Crippen molar-refractivity contribution in [2.24, 2.45) is 0 Å². The van der Waals surface area contributed by atoms with Crippen LogP contribution in [-0.4, -0.2) is 38.0 Å². The number of nitrogens with zero attached hydrogens (tertiary/aromatic N) is 3. The summed E-state index contributed by atoms with van der Waals surface area (Å²) in [5.74, 6) is -0.0412. The van der Waals surface area contributed by atoms with Gasteiger partial charge in [-0.2, -0.15) is 0 Å². The number of piperidine rings is 1. The molecule has 2 fully saturated rings. The highest BCUT2D eigenvalue weighted by Crippen LogP contribution is 2.32. The molecule has 1 saturated carbocycles. The average molecular weight is 394 g/mol. The number of likely N-dealkylation sites (tertiary alicyclic amines) is 1. The van der Waals surface area contributed by atoms with Crippen molar-refractivity contribution in [1.29, 1.82) is 0 Å². The lowest BCUT2D eigenvalue weighted by molar-refractivity contribution is -0.136. The van der Waals surface area contributed by atoms with E-state index in [1.54, 1.807) is 24.3 Å². The molecule has 1 N–H and O–H groups in total. The number of aromatic nitrogens is 3. The van der Waals surface area contributed by atoms with Gasteiger partial charge in [0, 0.05) is 42.6 Å². The summed E-state index contributed by atoms with van der Waals surface area (Å²) in [6.45, 7) is 0.632. The quantitative estimate of drug-likeness (QED) is 0.739. The summed E-state index contributed by atoms with van der Waals surface area (Å²) in [4.78, 5) is 31.9. The molecular weight excluding hydrogens is 371 g/mol. The molecule has 1 aliphatic carbocycles. The van der Waals surface area contributed by atoms with E-state index in [4.69, 9.17) is 4.98 Å². The van der Waals surface area contributed by atoms with Crippen molar-refractivity contribution in [3.8, 4) is 11.3 Å². The second-order valence-electron chi connectivity index (χ2n) is 8.11. The van der Waals surface area contributed by atoms with Crippen molar-refractivity contribution in [1.82, 2.24) is 19.5 Å². The summed E-state index contributed by atoms with van der Waals surface area (Å²) < 4.78 is 14.9. The Morgan fingerprint density at radius 2 is 1.90 bits per heavy atom. The molecule has 1 unspecified atom stereocenters. The van der Waals surface area contributed by atoms with Gasteiger partial charge >= 0.3 is 0 Å². The highest BCUT2D eigenvalue weighted by atomic mass is 19.1. The number of fused-ring (bicyclic) bond motifs is 1. The minimum absolute atomic E-state index is 0.0681. The van der Waals surface area contributed by atoms with Crippen LogP contribution < -0.4 is 5.56 Å². The Kier molecular flexibility index (Phi) is 4.45. The van der Waals surface area contributed by atoms with Crippen LogP contribution in [0.3, 0.4) is 0 Å². The number of carbonyl (C=O) groups excluding carboxylic acids is 1. The Labute approximate surface area is 167 Å². The number of amides is 1. The lowest BCUT2D eigenvalue weighted by Crippen LogP contribution is -2.45. The molecule has 3 heterocycles. The normalized spacial score (nSPS) is 20.7. The Morgan fingerprint density at radius 1 is 1.07 bits per heavy atom. The molecule has 6 nitrogen and oxygen atoms in total. The first-order valence-electron chi connectivity index (χ1n) is 10.3. The molecule has 1 aliphatic heterocycles. The van der Waals surface area contributed by atoms with Gasteiger partial charge in [0.15, 0.2) is 5.65 Å². The van der Waals surface area contributed by atoms with Crippen LogP contribution in [0.25, 0.3) is 16.9 Å². The summed E-state index contributed by atoms with van der Waals surface area (Å²) in [7, 11) is 0. The molecule has 29 heavy (non-hydrogen) atoms. The SMILES string of the molecule is O=C1CCC(c2cc(=O)n3[nH]c(-c4cccc(F)c4)cc3n2)CN1C1CCCC1. The van der Waals surface area contributed by atoms with Gasteiger partial charge in [-0.05, 0) is 31.4 Å². The second-order valence-corrected chi connectivity index (χ2v) is 8.11. The van der Waals surface area contributed by atoms with E-state index in [1.165, 1.54) is 29.5 Å². The van der Waals surface area contributed by atoms with Gasteiger partial charge in [0.05, 0.1) is 11.4 Å². The lowest BCUT2D eigenvalue weighted by atomic mass is 9.92. The highest BCUT2D eigenvalue weighted by molar-refractivity contribution is 5.77. The van der Waals surface area contributed by atoms with E-state index < -0.39 is 0 Å². The van der Waals surface area contributed by atoms with E-state index in [0.29, 0.717) is 42.3 Å². The van der Waals surface area contributed by atoms with Crippen LogP contribution in [0.15, 0.2) is 41.2 Å². The zero-order valence-electron chi connectivity index (χ0n) is 16.1. The van der Waals surface area contributed by atoms with Crippen molar-refractivity contribution < 1.29 is 9.18 Å². The molecule has 2 aliphatic rings. The first-order valence-corrected chi connectivity index (χ1v) is 10.3. The molecule has 0 spiro atoms. The second kappa shape index (κ2) is 7.13. The van der Waals surface area contributed by atoms with Gasteiger partial charge in [0.2, 0.25) is 5.91 Å². The minimum Gasteiger partial charge on any atom is -0.339 e. The fourth-order valence-electron chi connectivity index (χ4n) is 4.70. The number of hydrogen-bond donors (Lipinski definition) is 1. The summed E-state index contributed by atoms with van der Waals surface area (Å²) >= 11 is 0. The molecule has 1 aromatic carbocycles. The number of halogens is 1. The van der Waals surface area contributed by atoms with Gasteiger partial charge in [0.1, 0.15) is 5.82 Å². The fraction of sp³-hybridized carbons (Fsp3) is 0.409. The molecule has 1 atom stereocenters. The average Bonchev–Trinajstić information content (AvgIpc) is 3.38. The summed E-state index contributed by atoms with van der Waals surface area (Å²) in [6, 6.07) is 9.88. The van der Waals surface area contributed by atoms with E-state index in [-0.39, 0.29) is 23.2 Å². The van der Waals surface area contributed by atoms with Crippen LogP contribution in [0.4, 0.5) is 4.39 Å². The zero-order chi connectivity index (χ0) is 20.0. The van der Waals surface area contributed by atoms with E-state index >= 15 is 0 Å². The predicted octanol–water partition coefficient (Wildman–Crippen LogP) is 3.48. The Balaban J connectivity index is 1.47. The smallest absolute Gasteiger partial charge is 0.272 e. The Bertz CT molecular complexity index is 1130. The molecule has 1 amide bonds. The van der Waals surface area contributed by atoms with Crippen molar-refractivity contribution >= 4 is 11.6 Å². The molecule has 3 aromatic rings. The molecule has 150 valence electrons. The lowest BCUT2D eigenvalue weighted by Gasteiger charge is -2.36. The topological polar surface area (TPSA) is 70.5 Å². The van der Waals surface area contributed by atoms with E-state index in [0.717, 1.165) is 18.5 Å². The standard InChI is InChI=1S/C22H23FN4O2/c23-16-5-3-4-14(10-16)19-11-20-24-18(12-22(29)27(20)25-19)15-8-9-21(28)26(13-15)17-6-1-2-7-17/h3-5,10-12,15,17,25H,1-2,6-9,13H2. The maximum absolute atomic E-state index is 13.6. The predicted molar refractivity (Wildman–Crippen MR) is 107 cm³/mol. The molecule has 7 heteroatoms. The van der Waals surface area contributed by atoms with Crippen LogP contribution in [0.2, 0.25) is 0 Å². The van der Waals surface area contributed by atoms with Gasteiger partial charge in [0.25, 0.3) is 5.56 Å². The molecule has 5 rings (SSSR count). The number of nitrogens with one attached hydrogen (secondary N) is 1. The molecule has 1 saturated heterocycles. The van der Waals surface area contributed by atoms with Crippen LogP contribution in [0, 0.1) is 5.82 Å². The maximum atomic E-state index is 13.6. The third-order valence-electron chi connectivity index (χ3n) is 6.23. The molecule has 2 aromatic heterocycles. The third kappa shape index (κ3) is 3.34. The fourth-order valence-corrected chi connectivity index (χ4v) is 4.70. The first-order chi connectivity index (χ1) is 14.1. The van der Waals surface area contributed by atoms with Crippen molar-refractivity contribution in [3.05, 3.63) is 58.3 Å². The van der Waals surface area contributed by atoms with E-state index in [1.807, 2.05) is 4.90 Å². The first kappa shape index (κ1) is 18.1. The number of H-pyrrole nitrogens is 1. The van der Waals surface area contributed by atoms with E-state index in [9.17, 15) is 14.0 Å². The number of carbonyl (C=O) groups is 1. The third-order valence-corrected chi connectivity index (χ3v) is 6.23. The summed E-state index contributed by atoms with van der Waals surface area (Å²) in [6.07, 6.45) is 5.72. The highest BCUT2D eigenvalue weighted by Gasteiger charge is 2.33. The van der Waals surface area contributed by atoms with Crippen molar-refractivity contribution in [3.63, 3.8) is 0 Å². The zero-order valence-corrected chi connectivity index (χ0v) is 16.1. The molecule has 0 bridgehead atoms.